The number of hydrogen-bond acceptors (Lipinski definition) is 2. The van der Waals surface area contributed by atoms with Gasteiger partial charge in [0.2, 0.25) is 0 Å². The third kappa shape index (κ3) is 4.47. The van der Waals surface area contributed by atoms with Gasteiger partial charge in [0.05, 0.1) is 5.56 Å². The molecule has 0 amide bonds. The first kappa shape index (κ1) is 13.6. The normalized spacial score (nSPS) is 10.6. The average Bonchev–Trinajstić information content (AvgIpc) is 2.23. The van der Waals surface area contributed by atoms with E-state index in [1.54, 1.807) is 6.07 Å². The van der Waals surface area contributed by atoms with Crippen molar-refractivity contribution in [3.05, 3.63) is 29.3 Å². The standard InChI is InChI=1S/C14H21NO2/c1-10(2)5-4-8-15-13-9-11(3)6-7-12(13)14(16)17/h6-7,9-10,15H,4-5,8H2,1-3H3,(H,16,17). The van der Waals surface area contributed by atoms with E-state index in [0.717, 1.165) is 30.6 Å². The Labute approximate surface area is 103 Å². The van der Waals surface area contributed by atoms with Crippen molar-refractivity contribution in [2.24, 2.45) is 5.92 Å². The molecule has 1 rings (SSSR count). The highest BCUT2D eigenvalue weighted by atomic mass is 16.4. The molecule has 0 unspecified atom stereocenters. The van der Waals surface area contributed by atoms with Crippen LogP contribution in [0.3, 0.4) is 0 Å². The van der Waals surface area contributed by atoms with Crippen LogP contribution in [0.25, 0.3) is 0 Å². The molecule has 3 nitrogen and oxygen atoms in total. The molecule has 1 aromatic rings. The van der Waals surface area contributed by atoms with Crippen LogP contribution in [0.1, 0.15) is 42.6 Å². The van der Waals surface area contributed by atoms with Gasteiger partial charge in [0.1, 0.15) is 0 Å². The fraction of sp³-hybridized carbons (Fsp3) is 0.500. The maximum absolute atomic E-state index is 11.0. The summed E-state index contributed by atoms with van der Waals surface area (Å²) in [5.41, 5.74) is 2.14. The summed E-state index contributed by atoms with van der Waals surface area (Å²) in [6, 6.07) is 5.37. The average molecular weight is 235 g/mol. The molecule has 94 valence electrons. The van der Waals surface area contributed by atoms with E-state index in [2.05, 4.69) is 19.2 Å². The molecule has 0 heterocycles. The van der Waals surface area contributed by atoms with Crippen molar-refractivity contribution in [1.82, 2.24) is 0 Å². The molecule has 0 spiro atoms. The van der Waals surface area contributed by atoms with Crippen LogP contribution < -0.4 is 5.32 Å². The van der Waals surface area contributed by atoms with Gasteiger partial charge in [-0.2, -0.15) is 0 Å². The molecular formula is C14H21NO2. The van der Waals surface area contributed by atoms with Gasteiger partial charge in [0.15, 0.2) is 0 Å². The number of rotatable bonds is 6. The van der Waals surface area contributed by atoms with Gasteiger partial charge >= 0.3 is 5.97 Å². The molecule has 0 aliphatic rings. The molecule has 1 aromatic carbocycles. The number of anilines is 1. The Hall–Kier alpha value is -1.51. The van der Waals surface area contributed by atoms with E-state index < -0.39 is 5.97 Å². The molecular weight excluding hydrogens is 214 g/mol. The summed E-state index contributed by atoms with van der Waals surface area (Å²) in [7, 11) is 0. The zero-order chi connectivity index (χ0) is 12.8. The lowest BCUT2D eigenvalue weighted by Crippen LogP contribution is -2.08. The molecule has 0 saturated carbocycles. The first-order chi connectivity index (χ1) is 8.00. The molecule has 0 saturated heterocycles. The van der Waals surface area contributed by atoms with Gasteiger partial charge in [-0.05, 0) is 43.4 Å². The van der Waals surface area contributed by atoms with Crippen LogP contribution >= 0.6 is 0 Å². The van der Waals surface area contributed by atoms with E-state index in [9.17, 15) is 4.79 Å². The van der Waals surface area contributed by atoms with E-state index in [4.69, 9.17) is 5.11 Å². The SMILES string of the molecule is Cc1ccc(C(=O)O)c(NCCCC(C)C)c1. The van der Waals surface area contributed by atoms with Gasteiger partial charge in [-0.25, -0.2) is 4.79 Å². The highest BCUT2D eigenvalue weighted by molar-refractivity contribution is 5.94. The summed E-state index contributed by atoms with van der Waals surface area (Å²) in [5, 5.41) is 12.3. The predicted molar refractivity (Wildman–Crippen MR) is 70.7 cm³/mol. The minimum absolute atomic E-state index is 0.347. The van der Waals surface area contributed by atoms with E-state index >= 15 is 0 Å². The zero-order valence-electron chi connectivity index (χ0n) is 10.8. The van der Waals surface area contributed by atoms with Crippen molar-refractivity contribution in [3.8, 4) is 0 Å². The molecule has 0 aromatic heterocycles. The fourth-order valence-electron chi connectivity index (χ4n) is 1.72. The maximum atomic E-state index is 11.0. The van der Waals surface area contributed by atoms with Crippen LogP contribution in [-0.4, -0.2) is 17.6 Å². The number of nitrogens with one attached hydrogen (secondary N) is 1. The third-order valence-electron chi connectivity index (χ3n) is 2.68. The predicted octanol–water partition coefficient (Wildman–Crippen LogP) is 3.54. The maximum Gasteiger partial charge on any atom is 0.337 e. The molecule has 0 fully saturated rings. The number of carbonyl (C=O) groups is 1. The second-order valence-electron chi connectivity index (χ2n) is 4.82. The molecule has 3 heteroatoms. The lowest BCUT2D eigenvalue weighted by Gasteiger charge is -2.11. The minimum Gasteiger partial charge on any atom is -0.478 e. The van der Waals surface area contributed by atoms with Crippen LogP contribution in [0.5, 0.6) is 0 Å². The lowest BCUT2D eigenvalue weighted by molar-refractivity contribution is 0.0698. The third-order valence-corrected chi connectivity index (χ3v) is 2.68. The van der Waals surface area contributed by atoms with Gasteiger partial charge in [-0.1, -0.05) is 19.9 Å². The molecule has 0 aliphatic heterocycles. The summed E-state index contributed by atoms with van der Waals surface area (Å²) >= 11 is 0. The fourth-order valence-corrected chi connectivity index (χ4v) is 1.72. The Morgan fingerprint density at radius 2 is 2.12 bits per heavy atom. The Bertz CT molecular complexity index is 386. The van der Waals surface area contributed by atoms with Gasteiger partial charge in [0, 0.05) is 12.2 Å². The Balaban J connectivity index is 2.62. The van der Waals surface area contributed by atoms with Crippen LogP contribution in [-0.2, 0) is 0 Å². The summed E-state index contributed by atoms with van der Waals surface area (Å²) in [6.07, 6.45) is 2.21. The number of carboxylic acids is 1. The van der Waals surface area contributed by atoms with Gasteiger partial charge < -0.3 is 10.4 Å². The zero-order valence-corrected chi connectivity index (χ0v) is 10.8. The molecule has 17 heavy (non-hydrogen) atoms. The number of aromatic carboxylic acids is 1. The highest BCUT2D eigenvalue weighted by Gasteiger charge is 2.09. The van der Waals surface area contributed by atoms with Crippen molar-refractivity contribution < 1.29 is 9.90 Å². The smallest absolute Gasteiger partial charge is 0.337 e. The molecule has 0 aliphatic carbocycles. The summed E-state index contributed by atoms with van der Waals surface area (Å²) in [4.78, 5) is 11.0. The first-order valence-corrected chi connectivity index (χ1v) is 6.08. The van der Waals surface area contributed by atoms with Crippen molar-refractivity contribution in [2.45, 2.75) is 33.6 Å². The molecule has 0 radical (unpaired) electrons. The van der Waals surface area contributed by atoms with E-state index in [0.29, 0.717) is 11.5 Å². The monoisotopic (exact) mass is 235 g/mol. The number of carboxylic acid groups (broad SMARTS) is 1. The minimum atomic E-state index is -0.878. The second-order valence-corrected chi connectivity index (χ2v) is 4.82. The first-order valence-electron chi connectivity index (χ1n) is 6.08. The quantitative estimate of drug-likeness (QED) is 0.741. The van der Waals surface area contributed by atoms with Crippen molar-refractivity contribution in [1.29, 1.82) is 0 Å². The molecule has 2 N–H and O–H groups in total. The van der Waals surface area contributed by atoms with E-state index in [1.165, 1.54) is 0 Å². The van der Waals surface area contributed by atoms with Crippen LogP contribution in [0, 0.1) is 12.8 Å². The van der Waals surface area contributed by atoms with Crippen LogP contribution in [0.2, 0.25) is 0 Å². The molecule has 0 bridgehead atoms. The highest BCUT2D eigenvalue weighted by Crippen LogP contribution is 2.18. The van der Waals surface area contributed by atoms with Gasteiger partial charge in [-0.3, -0.25) is 0 Å². The van der Waals surface area contributed by atoms with Crippen molar-refractivity contribution in [2.75, 3.05) is 11.9 Å². The largest absolute Gasteiger partial charge is 0.478 e. The topological polar surface area (TPSA) is 49.3 Å². The molecule has 0 atom stereocenters. The summed E-state index contributed by atoms with van der Waals surface area (Å²) in [5.74, 6) is -0.190. The van der Waals surface area contributed by atoms with Crippen LogP contribution in [0.15, 0.2) is 18.2 Å². The Kier molecular flexibility index (Phi) is 5.01. The Morgan fingerprint density at radius 3 is 2.71 bits per heavy atom. The van der Waals surface area contributed by atoms with E-state index in [1.807, 2.05) is 19.1 Å². The Morgan fingerprint density at radius 1 is 1.41 bits per heavy atom. The van der Waals surface area contributed by atoms with Gasteiger partial charge in [-0.15, -0.1) is 0 Å². The van der Waals surface area contributed by atoms with Crippen LogP contribution in [0.4, 0.5) is 5.69 Å². The van der Waals surface area contributed by atoms with E-state index in [-0.39, 0.29) is 0 Å². The summed E-state index contributed by atoms with van der Waals surface area (Å²) < 4.78 is 0. The number of aryl methyl sites for hydroxylation is 1. The van der Waals surface area contributed by atoms with Gasteiger partial charge in [0.25, 0.3) is 0 Å². The summed E-state index contributed by atoms with van der Waals surface area (Å²) in [6.45, 7) is 7.16. The second kappa shape index (κ2) is 6.28. The number of hydrogen-bond donors (Lipinski definition) is 2. The van der Waals surface area contributed by atoms with Crippen molar-refractivity contribution in [3.63, 3.8) is 0 Å². The van der Waals surface area contributed by atoms with Crippen molar-refractivity contribution >= 4 is 11.7 Å². The number of benzene rings is 1. The lowest BCUT2D eigenvalue weighted by atomic mass is 10.1.